The molecule has 44 heavy (non-hydrogen) atoms. The Bertz CT molecular complexity index is 1380. The van der Waals surface area contributed by atoms with Crippen molar-refractivity contribution in [2.24, 2.45) is 10.7 Å². The molecule has 2 aliphatic rings. The molecule has 0 saturated carbocycles. The highest BCUT2D eigenvalue weighted by Gasteiger charge is 2.58. The van der Waals surface area contributed by atoms with Gasteiger partial charge >= 0.3 is 13.7 Å². The highest BCUT2D eigenvalue weighted by molar-refractivity contribution is 7.52. The Morgan fingerprint density at radius 3 is 2.57 bits per heavy atom. The van der Waals surface area contributed by atoms with E-state index in [4.69, 9.17) is 29.0 Å². The van der Waals surface area contributed by atoms with Gasteiger partial charge in [0.2, 0.25) is 11.8 Å². The van der Waals surface area contributed by atoms with Crippen LogP contribution in [0, 0.1) is 0 Å². The summed E-state index contributed by atoms with van der Waals surface area (Å²) in [5, 5.41) is 2.52. The van der Waals surface area contributed by atoms with Gasteiger partial charge in [-0.3, -0.25) is 19.6 Å². The highest BCUT2D eigenvalue weighted by atomic mass is 31.2. The van der Waals surface area contributed by atoms with Crippen LogP contribution < -0.4 is 20.2 Å². The van der Waals surface area contributed by atoms with Crippen molar-refractivity contribution in [3.63, 3.8) is 0 Å². The maximum Gasteiger partial charge on any atom is 0.459 e. The topological polar surface area (TPSA) is 152 Å². The van der Waals surface area contributed by atoms with E-state index in [9.17, 15) is 9.36 Å². The third-order valence-electron chi connectivity index (χ3n) is 7.25. The van der Waals surface area contributed by atoms with Crippen molar-refractivity contribution < 1.29 is 41.4 Å². The van der Waals surface area contributed by atoms with Crippen LogP contribution in [0.25, 0.3) is 0 Å². The summed E-state index contributed by atoms with van der Waals surface area (Å²) in [6, 6.07) is 6.87. The number of nitrogens with zero attached hydrogens (tertiary/aromatic N) is 4. The molecule has 244 valence electrons. The fourth-order valence-corrected chi connectivity index (χ4v) is 6.49. The average molecular weight is 643 g/mol. The van der Waals surface area contributed by atoms with Crippen molar-refractivity contribution in [2.45, 2.75) is 90.1 Å². The highest BCUT2D eigenvalue weighted by Crippen LogP contribution is 2.52. The quantitative estimate of drug-likeness (QED) is 0.233. The second-order valence-electron chi connectivity index (χ2n) is 10.9. The van der Waals surface area contributed by atoms with Crippen molar-refractivity contribution in [1.29, 1.82) is 0 Å². The van der Waals surface area contributed by atoms with Gasteiger partial charge in [-0.25, -0.2) is 23.3 Å². The van der Waals surface area contributed by atoms with Crippen molar-refractivity contribution in [3.8, 4) is 5.75 Å². The largest absolute Gasteiger partial charge is 0.476 e. The van der Waals surface area contributed by atoms with E-state index in [-0.39, 0.29) is 17.8 Å². The molecule has 2 aromatic rings. The number of aromatic nitrogens is 2. The molecule has 1 aromatic heterocycles. The number of para-hydroxylation sites is 1. The molecule has 1 fully saturated rings. The lowest BCUT2D eigenvalue weighted by Crippen LogP contribution is -2.44. The van der Waals surface area contributed by atoms with Gasteiger partial charge in [0.1, 0.15) is 30.3 Å². The van der Waals surface area contributed by atoms with E-state index < -0.39 is 56.8 Å². The minimum Gasteiger partial charge on any atom is -0.476 e. The van der Waals surface area contributed by atoms with Crippen molar-refractivity contribution in [1.82, 2.24) is 14.6 Å². The Kier molecular flexibility index (Phi) is 10.4. The Balaban J connectivity index is 1.55. The average Bonchev–Trinajstić information content (AvgIpc) is 3.52. The number of carbonyl (C=O) groups excluding carboxylic acids is 1. The van der Waals surface area contributed by atoms with Gasteiger partial charge in [0, 0.05) is 13.5 Å². The smallest absolute Gasteiger partial charge is 0.459 e. The molecule has 0 bridgehead atoms. The van der Waals surface area contributed by atoms with Crippen molar-refractivity contribution in [3.05, 3.63) is 42.4 Å². The van der Waals surface area contributed by atoms with Crippen LogP contribution in [0.5, 0.6) is 5.75 Å². The van der Waals surface area contributed by atoms with Crippen molar-refractivity contribution >= 4 is 25.4 Å². The second-order valence-corrected chi connectivity index (χ2v) is 12.6. The summed E-state index contributed by atoms with van der Waals surface area (Å²) in [5.74, 6) is -2.83. The number of benzene rings is 1. The number of imidazole rings is 1. The molecular formula is C28H41F2N6O7P. The normalized spacial score (nSPS) is 27.0. The lowest BCUT2D eigenvalue weighted by Gasteiger charge is -2.32. The number of halogens is 2. The minimum absolute atomic E-state index is 0.133. The Morgan fingerprint density at radius 1 is 1.25 bits per heavy atom. The van der Waals surface area contributed by atoms with Gasteiger partial charge in [0.25, 0.3) is 0 Å². The summed E-state index contributed by atoms with van der Waals surface area (Å²) in [6.07, 6.45) is -1.01. The first-order valence-electron chi connectivity index (χ1n) is 14.5. The molecule has 0 aliphatic carbocycles. The predicted molar refractivity (Wildman–Crippen MR) is 159 cm³/mol. The summed E-state index contributed by atoms with van der Waals surface area (Å²) in [7, 11) is -2.82. The SMILES string of the molecule is CCOC1=NC(N)N(C)c2c1ncn2[C@@H]1O[C@](F)(COP(=O)(N[C@@H](C)C(=O)OC(CC)CC)Oc2ccccc2)C[C@@]1(C)F. The van der Waals surface area contributed by atoms with Crippen LogP contribution in [0.2, 0.25) is 0 Å². The molecule has 1 saturated heterocycles. The van der Waals surface area contributed by atoms with E-state index in [1.54, 1.807) is 32.2 Å². The zero-order chi connectivity index (χ0) is 32.3. The van der Waals surface area contributed by atoms with E-state index in [0.29, 0.717) is 31.0 Å². The molecule has 0 amide bonds. The molecule has 0 spiro atoms. The van der Waals surface area contributed by atoms with Crippen LogP contribution >= 0.6 is 7.75 Å². The van der Waals surface area contributed by atoms with Crippen LogP contribution in [-0.4, -0.2) is 71.6 Å². The molecule has 4 rings (SSSR count). The third-order valence-corrected chi connectivity index (χ3v) is 8.87. The number of aliphatic imine (C=N–C) groups is 1. The number of anilines is 1. The molecule has 1 aromatic carbocycles. The van der Waals surface area contributed by atoms with E-state index >= 15 is 8.78 Å². The number of alkyl halides is 2. The first kappa shape index (κ1) is 33.8. The second kappa shape index (κ2) is 13.5. The monoisotopic (exact) mass is 642 g/mol. The number of esters is 1. The number of hydrogen-bond acceptors (Lipinski definition) is 11. The van der Waals surface area contributed by atoms with Gasteiger partial charge in [-0.05, 0) is 45.7 Å². The van der Waals surface area contributed by atoms with Crippen LogP contribution in [-0.2, 0) is 28.1 Å². The summed E-state index contributed by atoms with van der Waals surface area (Å²) < 4.78 is 75.4. The van der Waals surface area contributed by atoms with Crippen LogP contribution in [0.1, 0.15) is 65.8 Å². The van der Waals surface area contributed by atoms with Gasteiger partial charge in [0.15, 0.2) is 23.9 Å². The van der Waals surface area contributed by atoms with Crippen LogP contribution in [0.3, 0.4) is 0 Å². The predicted octanol–water partition coefficient (Wildman–Crippen LogP) is 4.58. The molecular weight excluding hydrogens is 601 g/mol. The summed E-state index contributed by atoms with van der Waals surface area (Å²) in [4.78, 5) is 22.8. The van der Waals surface area contributed by atoms with Gasteiger partial charge in [-0.15, -0.1) is 0 Å². The number of carbonyl (C=O) groups is 1. The third kappa shape index (κ3) is 7.40. The fourth-order valence-electron chi connectivity index (χ4n) is 4.96. The first-order valence-corrected chi connectivity index (χ1v) is 16.1. The van der Waals surface area contributed by atoms with Crippen molar-refractivity contribution in [2.75, 3.05) is 25.2 Å². The summed E-state index contributed by atoms with van der Waals surface area (Å²) in [5.41, 5.74) is 4.15. The first-order chi connectivity index (χ1) is 20.7. The number of ether oxygens (including phenoxy) is 3. The molecule has 6 atom stereocenters. The molecule has 13 nitrogen and oxygen atoms in total. The lowest BCUT2D eigenvalue weighted by atomic mass is 10.0. The number of nitrogens with two attached hydrogens (primary N) is 1. The number of nitrogens with one attached hydrogen (secondary N) is 1. The maximum absolute atomic E-state index is 16.3. The molecule has 2 unspecified atom stereocenters. The Labute approximate surface area is 255 Å². The van der Waals surface area contributed by atoms with E-state index in [1.807, 2.05) is 13.8 Å². The number of fused-ring (bicyclic) bond motifs is 1. The summed E-state index contributed by atoms with van der Waals surface area (Å²) >= 11 is 0. The molecule has 2 aliphatic heterocycles. The van der Waals surface area contributed by atoms with Gasteiger partial charge in [0.05, 0.1) is 12.9 Å². The maximum atomic E-state index is 16.3. The van der Waals surface area contributed by atoms with E-state index in [2.05, 4.69) is 15.1 Å². The van der Waals surface area contributed by atoms with E-state index in [0.717, 1.165) is 0 Å². The van der Waals surface area contributed by atoms with Gasteiger partial charge in [-0.2, -0.15) is 5.09 Å². The fraction of sp³-hybridized carbons (Fsp3) is 0.607. The standard InChI is InChI=1S/C28H41F2N6O7P/c1-7-19(8-2)41-24(37)18(4)34-44(38,43-20-13-11-10-12-14-20)40-16-28(30)15-27(5,29)25(42-28)36-17-32-21-22(39-9-3)33-26(31)35(6)23(21)36/h10-14,17-19,25-26H,7-9,15-16,31H2,1-6H3,(H,34,38)/t18-,25+,26?,27+,28-,44?/m0/s1. The zero-order valence-corrected chi connectivity index (χ0v) is 26.6. The zero-order valence-electron chi connectivity index (χ0n) is 25.7. The van der Waals surface area contributed by atoms with Gasteiger partial charge < -0.3 is 23.6 Å². The number of rotatable bonds is 13. The molecule has 3 heterocycles. The minimum atomic E-state index is -4.45. The van der Waals surface area contributed by atoms with Gasteiger partial charge in [-0.1, -0.05) is 32.0 Å². The molecule has 0 radical (unpaired) electrons. The Hall–Kier alpha value is -3.10. The lowest BCUT2D eigenvalue weighted by molar-refractivity contribution is -0.177. The molecule has 16 heteroatoms. The van der Waals surface area contributed by atoms with Crippen LogP contribution in [0.15, 0.2) is 41.7 Å². The Morgan fingerprint density at radius 2 is 1.93 bits per heavy atom. The molecule has 3 N–H and O–H groups in total. The van der Waals surface area contributed by atoms with E-state index in [1.165, 1.54) is 41.8 Å². The number of hydrogen-bond donors (Lipinski definition) is 2. The van der Waals surface area contributed by atoms with Crippen LogP contribution in [0.4, 0.5) is 14.6 Å². The summed E-state index contributed by atoms with van der Waals surface area (Å²) in [6.45, 7) is 7.41.